The van der Waals surface area contributed by atoms with Crippen molar-refractivity contribution in [1.29, 1.82) is 0 Å². The van der Waals surface area contributed by atoms with Gasteiger partial charge in [0.2, 0.25) is 0 Å². The Morgan fingerprint density at radius 2 is 1.41 bits per heavy atom. The van der Waals surface area contributed by atoms with Crippen LogP contribution in [0.1, 0.15) is 16.7 Å². The smallest absolute Gasteiger partial charge is 0.131 e. The largest absolute Gasteiger partial charge is 0.507 e. The van der Waals surface area contributed by atoms with Crippen LogP contribution in [0.4, 0.5) is 5.00 Å². The molecule has 0 radical (unpaired) electrons. The molecule has 0 fully saturated rings. The Labute approximate surface area is 174 Å². The van der Waals surface area contributed by atoms with Gasteiger partial charge in [0.1, 0.15) is 10.8 Å². The van der Waals surface area contributed by atoms with Gasteiger partial charge in [-0.25, -0.2) is 0 Å². The van der Waals surface area contributed by atoms with E-state index in [9.17, 15) is 5.11 Å². The minimum Gasteiger partial charge on any atom is -0.507 e. The van der Waals surface area contributed by atoms with Gasteiger partial charge in [0.05, 0.1) is 5.56 Å². The minimum atomic E-state index is 0.379. The molecule has 2 nitrogen and oxygen atoms in total. The van der Waals surface area contributed by atoms with Crippen molar-refractivity contribution >= 4 is 27.7 Å². The molecule has 4 aromatic rings. The lowest BCUT2D eigenvalue weighted by molar-refractivity contribution is 0.513. The van der Waals surface area contributed by atoms with Gasteiger partial charge in [-0.05, 0) is 34.7 Å². The molecule has 0 amide bonds. The zero-order valence-electron chi connectivity index (χ0n) is 16.1. The second-order valence-corrected chi connectivity index (χ2v) is 8.17. The second kappa shape index (κ2) is 7.26. The normalized spacial score (nSPS) is 13.1. The van der Waals surface area contributed by atoms with Crippen LogP contribution in [-0.4, -0.2) is 11.7 Å². The van der Waals surface area contributed by atoms with Gasteiger partial charge in [-0.3, -0.25) is 0 Å². The molecule has 0 saturated heterocycles. The summed E-state index contributed by atoms with van der Waals surface area (Å²) in [5.74, 6) is 0.379. The van der Waals surface area contributed by atoms with Crippen LogP contribution in [0, 0.1) is 6.92 Å². The summed E-state index contributed by atoms with van der Waals surface area (Å²) < 4.78 is 0. The number of aliphatic hydroxyl groups is 1. The summed E-state index contributed by atoms with van der Waals surface area (Å²) in [6, 6.07) is 27.1. The number of benzene rings is 3. The van der Waals surface area contributed by atoms with Crippen molar-refractivity contribution in [1.82, 2.24) is 0 Å². The number of hydrogen-bond acceptors (Lipinski definition) is 3. The Hall–Kier alpha value is -3.30. The van der Waals surface area contributed by atoms with Crippen LogP contribution in [0.15, 0.2) is 84.2 Å². The van der Waals surface area contributed by atoms with Gasteiger partial charge in [-0.15, -0.1) is 11.3 Å². The fraction of sp³-hybridized carbons (Fsp3) is 0.0769. The van der Waals surface area contributed by atoms with Gasteiger partial charge in [0, 0.05) is 23.1 Å². The second-order valence-electron chi connectivity index (χ2n) is 7.29. The average molecular weight is 396 g/mol. The van der Waals surface area contributed by atoms with Crippen molar-refractivity contribution in [3.05, 3.63) is 101 Å². The first-order valence-electron chi connectivity index (χ1n) is 9.72. The predicted octanol–water partition coefficient (Wildman–Crippen LogP) is 7.24. The highest BCUT2D eigenvalue weighted by Crippen LogP contribution is 2.44. The molecule has 3 heteroatoms. The fourth-order valence-corrected chi connectivity index (χ4v) is 4.91. The molecule has 2 N–H and O–H groups in total. The average Bonchev–Trinajstić information content (AvgIpc) is 3.20. The molecule has 2 heterocycles. The molecule has 1 aliphatic rings. The van der Waals surface area contributed by atoms with Crippen molar-refractivity contribution in [2.24, 2.45) is 0 Å². The van der Waals surface area contributed by atoms with E-state index in [1.165, 1.54) is 16.7 Å². The van der Waals surface area contributed by atoms with Crippen molar-refractivity contribution < 1.29 is 5.11 Å². The first-order valence-corrected chi connectivity index (χ1v) is 10.6. The maximum atomic E-state index is 11.1. The summed E-state index contributed by atoms with van der Waals surface area (Å²) in [5.41, 5.74) is 8.81. The van der Waals surface area contributed by atoms with E-state index in [-0.39, 0.29) is 0 Å². The molecule has 0 atom stereocenters. The van der Waals surface area contributed by atoms with Gasteiger partial charge >= 0.3 is 0 Å². The van der Waals surface area contributed by atoms with E-state index in [0.717, 1.165) is 32.8 Å². The monoisotopic (exact) mass is 395 g/mol. The molecule has 0 spiro atoms. The third-order valence-corrected chi connectivity index (χ3v) is 6.45. The van der Waals surface area contributed by atoms with Crippen LogP contribution in [-0.2, 0) is 0 Å². The number of fused-ring (bicyclic) bond motifs is 1. The van der Waals surface area contributed by atoms with Crippen molar-refractivity contribution in [3.8, 4) is 22.3 Å². The van der Waals surface area contributed by atoms with Crippen LogP contribution >= 0.6 is 11.3 Å². The third kappa shape index (κ3) is 3.14. The van der Waals surface area contributed by atoms with Crippen molar-refractivity contribution in [2.45, 2.75) is 6.92 Å². The molecule has 5 rings (SSSR count). The zero-order valence-corrected chi connectivity index (χ0v) is 17.0. The quantitative estimate of drug-likeness (QED) is 0.383. The lowest BCUT2D eigenvalue weighted by atomic mass is 9.93. The molecule has 3 aromatic carbocycles. The number of hydrogen-bond donors (Lipinski definition) is 2. The predicted molar refractivity (Wildman–Crippen MR) is 124 cm³/mol. The van der Waals surface area contributed by atoms with E-state index < -0.39 is 0 Å². The molecule has 142 valence electrons. The first kappa shape index (κ1) is 17.8. The summed E-state index contributed by atoms with van der Waals surface area (Å²) in [4.78, 5) is 0. The standard InChI is InChI=1S/C26H21NOS/c1-17-7-5-6-10-21(17)19-11-13-20(14-12-19)23-16-29-26-24(23)25(28)22(15-27-26)18-8-3-2-4-9-18/h2-14,16,27-28H,15H2,1H3. The number of aliphatic hydroxyl groups excluding tert-OH is 1. The molecule has 1 aromatic heterocycles. The van der Waals surface area contributed by atoms with Crippen LogP contribution in [0.5, 0.6) is 0 Å². The molecule has 29 heavy (non-hydrogen) atoms. The van der Waals surface area contributed by atoms with E-state index in [0.29, 0.717) is 12.3 Å². The Kier molecular flexibility index (Phi) is 4.45. The van der Waals surface area contributed by atoms with Gasteiger partial charge in [0.25, 0.3) is 0 Å². The van der Waals surface area contributed by atoms with Gasteiger partial charge in [-0.2, -0.15) is 0 Å². The Morgan fingerprint density at radius 1 is 0.759 bits per heavy atom. The fourth-order valence-electron chi connectivity index (χ4n) is 3.94. The SMILES string of the molecule is Cc1ccccc1-c1ccc(-c2csc3c2C(O)=C(c2ccccc2)CN3)cc1. The van der Waals surface area contributed by atoms with Crippen molar-refractivity contribution in [2.75, 3.05) is 11.9 Å². The Balaban J connectivity index is 1.56. The molecule has 0 bridgehead atoms. The maximum absolute atomic E-state index is 11.1. The molecular formula is C26H21NOS. The lowest BCUT2D eigenvalue weighted by Crippen LogP contribution is -2.12. The van der Waals surface area contributed by atoms with Gasteiger partial charge in [0.15, 0.2) is 0 Å². The van der Waals surface area contributed by atoms with E-state index in [1.807, 2.05) is 30.3 Å². The van der Waals surface area contributed by atoms with Crippen molar-refractivity contribution in [3.63, 3.8) is 0 Å². The topological polar surface area (TPSA) is 32.3 Å². The number of anilines is 1. The number of thiophene rings is 1. The molecule has 1 aliphatic heterocycles. The van der Waals surface area contributed by atoms with E-state index >= 15 is 0 Å². The molecule has 0 unspecified atom stereocenters. The summed E-state index contributed by atoms with van der Waals surface area (Å²) in [6.07, 6.45) is 0. The summed E-state index contributed by atoms with van der Waals surface area (Å²) in [7, 11) is 0. The highest BCUT2D eigenvalue weighted by atomic mass is 32.1. The van der Waals surface area contributed by atoms with E-state index in [2.05, 4.69) is 66.2 Å². The summed E-state index contributed by atoms with van der Waals surface area (Å²) in [6.45, 7) is 2.77. The minimum absolute atomic E-state index is 0.379. The highest BCUT2D eigenvalue weighted by Gasteiger charge is 2.24. The highest BCUT2D eigenvalue weighted by molar-refractivity contribution is 7.15. The maximum Gasteiger partial charge on any atom is 0.131 e. The van der Waals surface area contributed by atoms with E-state index in [4.69, 9.17) is 0 Å². The number of rotatable bonds is 3. The Morgan fingerprint density at radius 3 is 2.14 bits per heavy atom. The lowest BCUT2D eigenvalue weighted by Gasteiger charge is -2.20. The van der Waals surface area contributed by atoms with Crippen LogP contribution in [0.3, 0.4) is 0 Å². The van der Waals surface area contributed by atoms with Gasteiger partial charge in [-0.1, -0.05) is 78.9 Å². The van der Waals surface area contributed by atoms with Crippen LogP contribution in [0.25, 0.3) is 33.6 Å². The molecule has 0 aliphatic carbocycles. The zero-order chi connectivity index (χ0) is 19.8. The first-order chi connectivity index (χ1) is 14.2. The molecule has 0 saturated carbocycles. The number of aryl methyl sites for hydroxylation is 1. The van der Waals surface area contributed by atoms with E-state index in [1.54, 1.807) is 11.3 Å². The van der Waals surface area contributed by atoms with Crippen LogP contribution in [0.2, 0.25) is 0 Å². The Bertz CT molecular complexity index is 1200. The number of nitrogens with one attached hydrogen (secondary N) is 1. The molecular weight excluding hydrogens is 374 g/mol. The third-order valence-electron chi connectivity index (χ3n) is 5.51. The van der Waals surface area contributed by atoms with Gasteiger partial charge < -0.3 is 10.4 Å². The summed E-state index contributed by atoms with van der Waals surface area (Å²) >= 11 is 1.65. The van der Waals surface area contributed by atoms with Crippen LogP contribution < -0.4 is 5.32 Å². The summed E-state index contributed by atoms with van der Waals surface area (Å²) in [5, 5.41) is 17.8.